The summed E-state index contributed by atoms with van der Waals surface area (Å²) in [6.45, 7) is 5.13. The van der Waals surface area contributed by atoms with E-state index in [-0.39, 0.29) is 18.0 Å². The van der Waals surface area contributed by atoms with E-state index in [9.17, 15) is 10.5 Å². The maximum Gasteiger partial charge on any atom is 0.232 e. The quantitative estimate of drug-likeness (QED) is 0.318. The highest BCUT2D eigenvalue weighted by molar-refractivity contribution is 6.36. The number of nitrogens with zero attached hydrogens (tertiary/aromatic N) is 8. The van der Waals surface area contributed by atoms with Gasteiger partial charge in [0, 0.05) is 38.3 Å². The number of aromatic nitrogens is 4. The molecule has 0 amide bonds. The second-order valence-electron chi connectivity index (χ2n) is 10.3. The minimum atomic E-state index is 0.206. The molecule has 1 atom stereocenters. The highest BCUT2D eigenvalue weighted by Gasteiger charge is 2.33. The fourth-order valence-electron chi connectivity index (χ4n) is 5.15. The van der Waals surface area contributed by atoms with Crippen molar-refractivity contribution < 1.29 is 4.74 Å². The van der Waals surface area contributed by atoms with Crippen molar-refractivity contribution in [2.24, 2.45) is 0 Å². The second-order valence-corrected chi connectivity index (χ2v) is 10.7. The molecule has 12 heteroatoms. The Hall–Kier alpha value is -4.58. The summed E-state index contributed by atoms with van der Waals surface area (Å²) in [5.74, 6) is 1.63. The molecule has 0 spiro atoms. The Balaban J connectivity index is 1.42. The summed E-state index contributed by atoms with van der Waals surface area (Å²) in [5, 5.41) is 31.2. The van der Waals surface area contributed by atoms with Gasteiger partial charge in [0.15, 0.2) is 5.65 Å². The number of halogens is 1. The van der Waals surface area contributed by atoms with Crippen molar-refractivity contribution in [2.45, 2.75) is 38.4 Å². The van der Waals surface area contributed by atoms with Crippen LogP contribution in [-0.2, 0) is 6.54 Å². The van der Waals surface area contributed by atoms with E-state index < -0.39 is 0 Å². The van der Waals surface area contributed by atoms with Crippen LogP contribution in [0.4, 0.5) is 23.3 Å². The molecule has 41 heavy (non-hydrogen) atoms. The number of ether oxygens (including phenoxy) is 1. The monoisotopic (exact) mass is 568 g/mol. The number of hydrogen-bond donors (Lipinski definition) is 2. The fourth-order valence-corrected chi connectivity index (χ4v) is 5.42. The van der Waals surface area contributed by atoms with Gasteiger partial charge >= 0.3 is 0 Å². The summed E-state index contributed by atoms with van der Waals surface area (Å²) >= 11 is 6.96. The maximum absolute atomic E-state index is 9.80. The number of hydrogen-bond acceptors (Lipinski definition) is 10. The Morgan fingerprint density at radius 3 is 2.66 bits per heavy atom. The van der Waals surface area contributed by atoms with Gasteiger partial charge in [-0.2, -0.15) is 30.1 Å². The van der Waals surface area contributed by atoms with Gasteiger partial charge in [-0.25, -0.2) is 0 Å². The smallest absolute Gasteiger partial charge is 0.232 e. The van der Waals surface area contributed by atoms with Gasteiger partial charge in [-0.05, 0) is 49.6 Å². The maximum atomic E-state index is 9.80. The molecular weight excluding hydrogens is 540 g/mol. The lowest BCUT2D eigenvalue weighted by atomic mass is 10.1. The number of nitrogens with one attached hydrogen (secondary N) is 2. The minimum Gasteiger partial charge on any atom is -0.497 e. The largest absolute Gasteiger partial charge is 0.497 e. The van der Waals surface area contributed by atoms with Gasteiger partial charge in [-0.3, -0.25) is 0 Å². The van der Waals surface area contributed by atoms with E-state index in [1.54, 1.807) is 17.7 Å². The van der Waals surface area contributed by atoms with E-state index in [1.165, 1.54) is 6.20 Å². The van der Waals surface area contributed by atoms with Crippen LogP contribution in [0.2, 0.25) is 5.02 Å². The van der Waals surface area contributed by atoms with E-state index in [1.807, 2.05) is 30.3 Å². The van der Waals surface area contributed by atoms with Gasteiger partial charge in [-0.1, -0.05) is 23.7 Å². The zero-order chi connectivity index (χ0) is 28.5. The lowest BCUT2D eigenvalue weighted by molar-refractivity contribution is 0.414. The van der Waals surface area contributed by atoms with Crippen LogP contribution in [0.3, 0.4) is 0 Å². The zero-order valence-corrected chi connectivity index (χ0v) is 23.6. The van der Waals surface area contributed by atoms with Crippen molar-refractivity contribution in [3.63, 3.8) is 0 Å². The van der Waals surface area contributed by atoms with Crippen LogP contribution < -0.4 is 25.2 Å². The summed E-state index contributed by atoms with van der Waals surface area (Å²) in [6.07, 6.45) is 3.56. The van der Waals surface area contributed by atoms with Crippen molar-refractivity contribution in [3.05, 3.63) is 64.3 Å². The Morgan fingerprint density at radius 1 is 1.17 bits per heavy atom. The first-order valence-electron chi connectivity index (χ1n) is 13.5. The van der Waals surface area contributed by atoms with Crippen molar-refractivity contribution in [1.82, 2.24) is 24.9 Å². The fraction of sp³-hybridized carbons (Fsp3) is 0.345. The summed E-state index contributed by atoms with van der Waals surface area (Å²) in [6, 6.07) is 16.4. The van der Waals surface area contributed by atoms with Gasteiger partial charge in [0.05, 0.1) is 41.3 Å². The number of nitriles is 2. The molecule has 2 fully saturated rings. The lowest BCUT2D eigenvalue weighted by Gasteiger charge is -2.36. The molecule has 1 saturated heterocycles. The summed E-state index contributed by atoms with van der Waals surface area (Å²) < 4.78 is 6.94. The summed E-state index contributed by atoms with van der Waals surface area (Å²) in [7, 11) is 1.65. The van der Waals surface area contributed by atoms with E-state index >= 15 is 0 Å². The predicted octanol–water partition coefficient (Wildman–Crippen LogP) is 4.24. The van der Waals surface area contributed by atoms with Crippen LogP contribution in [0.5, 0.6) is 5.75 Å². The molecule has 1 aliphatic carbocycles. The second kappa shape index (κ2) is 11.1. The van der Waals surface area contributed by atoms with Crippen LogP contribution in [0.15, 0.2) is 42.6 Å². The first-order valence-corrected chi connectivity index (χ1v) is 13.9. The molecular formula is C29H29ClN10O. The molecule has 2 aromatic heterocycles. The third-order valence-electron chi connectivity index (χ3n) is 7.47. The van der Waals surface area contributed by atoms with Crippen LogP contribution in [0.1, 0.15) is 36.5 Å². The van der Waals surface area contributed by atoms with Crippen molar-refractivity contribution >= 4 is 40.5 Å². The number of benzene rings is 2. The number of anilines is 4. The third-order valence-corrected chi connectivity index (χ3v) is 7.86. The Labute approximate surface area is 242 Å². The normalized spacial score (nSPS) is 16.7. The zero-order valence-electron chi connectivity index (χ0n) is 22.8. The molecule has 2 aliphatic rings. The third kappa shape index (κ3) is 5.30. The minimum absolute atomic E-state index is 0.206. The molecule has 2 aromatic carbocycles. The van der Waals surface area contributed by atoms with Gasteiger partial charge in [0.25, 0.3) is 0 Å². The number of methoxy groups -OCH3 is 1. The van der Waals surface area contributed by atoms with Crippen LogP contribution in [0.25, 0.3) is 5.65 Å². The average molecular weight is 569 g/mol. The molecule has 1 aliphatic heterocycles. The molecule has 1 saturated carbocycles. The molecule has 208 valence electrons. The van der Waals surface area contributed by atoms with Gasteiger partial charge in [0.2, 0.25) is 11.9 Å². The van der Waals surface area contributed by atoms with E-state index in [4.69, 9.17) is 21.3 Å². The molecule has 0 bridgehead atoms. The highest BCUT2D eigenvalue weighted by atomic mass is 35.5. The molecule has 4 aromatic rings. The number of fused-ring (bicyclic) bond motifs is 1. The first-order chi connectivity index (χ1) is 20.0. The van der Waals surface area contributed by atoms with E-state index in [0.717, 1.165) is 49.5 Å². The molecule has 0 radical (unpaired) electrons. The summed E-state index contributed by atoms with van der Waals surface area (Å²) in [4.78, 5) is 13.9. The Bertz CT molecular complexity index is 1670. The standard InChI is InChI=1S/C29H29ClN10O/c1-18-15-33-9-10-38(18)25-12-20(13-31)11-24(26(25)30)35-28-36-27-21(14-32)16-34-40(27)29(37-28)39(22-5-6-22)17-19-3-7-23(41-2)8-4-19/h3-4,7-8,11-12,16,18,22,33H,5-6,9-10,15,17H2,1-2H3,(H,35,36)/t18-/m0/s1. The van der Waals surface area contributed by atoms with Crippen LogP contribution in [-0.4, -0.2) is 58.4 Å². The molecule has 3 heterocycles. The van der Waals surface area contributed by atoms with Crippen molar-refractivity contribution in [2.75, 3.05) is 41.9 Å². The van der Waals surface area contributed by atoms with Gasteiger partial charge in [-0.15, -0.1) is 0 Å². The Kier molecular flexibility index (Phi) is 7.23. The molecule has 2 N–H and O–H groups in total. The summed E-state index contributed by atoms with van der Waals surface area (Å²) in [5.41, 5.74) is 3.59. The van der Waals surface area contributed by atoms with Crippen LogP contribution in [0, 0.1) is 22.7 Å². The predicted molar refractivity (Wildman–Crippen MR) is 157 cm³/mol. The van der Waals surface area contributed by atoms with Crippen LogP contribution >= 0.6 is 11.6 Å². The first kappa shape index (κ1) is 26.6. The lowest BCUT2D eigenvalue weighted by Crippen LogP contribution is -2.50. The molecule has 6 rings (SSSR count). The van der Waals surface area contributed by atoms with Gasteiger partial charge < -0.3 is 25.2 Å². The number of rotatable bonds is 8. The van der Waals surface area contributed by atoms with Crippen molar-refractivity contribution in [3.8, 4) is 17.9 Å². The highest BCUT2D eigenvalue weighted by Crippen LogP contribution is 2.38. The number of piperazine rings is 1. The topological polar surface area (TPSA) is 130 Å². The Morgan fingerprint density at radius 2 is 1.98 bits per heavy atom. The molecule has 0 unspecified atom stereocenters. The van der Waals surface area contributed by atoms with Crippen molar-refractivity contribution in [1.29, 1.82) is 10.5 Å². The van der Waals surface area contributed by atoms with E-state index in [0.29, 0.717) is 40.0 Å². The molecule has 11 nitrogen and oxygen atoms in total. The van der Waals surface area contributed by atoms with E-state index in [2.05, 4.69) is 49.6 Å². The van der Waals surface area contributed by atoms with Gasteiger partial charge in [0.1, 0.15) is 17.4 Å². The SMILES string of the molecule is COc1ccc(CN(c2nc(Nc3cc(C#N)cc(N4CCNC[C@@H]4C)c3Cl)nc3c(C#N)cnn23)C2CC2)cc1. The average Bonchev–Trinajstić information content (AvgIpc) is 3.76.